The molecule has 1 nitrogen and oxygen atoms in total. The molecule has 0 aromatic heterocycles. The summed E-state index contributed by atoms with van der Waals surface area (Å²) in [4.78, 5) is 0. The number of benzene rings is 1. The van der Waals surface area contributed by atoms with Gasteiger partial charge in [0.05, 0.1) is 0 Å². The van der Waals surface area contributed by atoms with Crippen molar-refractivity contribution in [2.45, 2.75) is 12.8 Å². The Bertz CT molecular complexity index is 294. The Morgan fingerprint density at radius 1 is 1.29 bits per heavy atom. The van der Waals surface area contributed by atoms with Gasteiger partial charge in [-0.05, 0) is 24.9 Å². The first kappa shape index (κ1) is 10.2. The average Bonchev–Trinajstić information content (AvgIpc) is 2.67. The lowest BCUT2D eigenvalue weighted by atomic mass is 9.90. The smallest absolute Gasteiger partial charge is 0.00781 e. The molecule has 0 aliphatic carbocycles. The predicted octanol–water partition coefficient (Wildman–Crippen LogP) is 2.69. The van der Waals surface area contributed by atoms with Gasteiger partial charge in [-0.15, -0.1) is 0 Å². The molecule has 1 aromatic rings. The van der Waals surface area contributed by atoms with Crippen LogP contribution < -0.4 is 5.32 Å². The third-order valence-corrected chi connectivity index (χ3v) is 3.88. The minimum absolute atomic E-state index is 0.690. The monoisotopic (exact) mass is 253 g/mol. The van der Waals surface area contributed by atoms with Crippen LogP contribution in [-0.2, 0) is 0 Å². The third-order valence-electron chi connectivity index (χ3n) is 3.04. The topological polar surface area (TPSA) is 12.0 Å². The fourth-order valence-electron chi connectivity index (χ4n) is 2.10. The number of hydrogen-bond donors (Lipinski definition) is 1. The van der Waals surface area contributed by atoms with Crippen molar-refractivity contribution >= 4 is 15.9 Å². The SMILES string of the molecule is Cc1ccc(C2CNCC2CBr)cc1. The van der Waals surface area contributed by atoms with Gasteiger partial charge in [-0.3, -0.25) is 0 Å². The summed E-state index contributed by atoms with van der Waals surface area (Å²) in [7, 11) is 0. The highest BCUT2D eigenvalue weighted by Gasteiger charge is 2.26. The number of rotatable bonds is 2. The summed E-state index contributed by atoms with van der Waals surface area (Å²) in [5.41, 5.74) is 2.82. The maximum Gasteiger partial charge on any atom is 0.00781 e. The molecule has 2 unspecified atom stereocenters. The summed E-state index contributed by atoms with van der Waals surface area (Å²) in [6, 6.07) is 8.95. The molecule has 14 heavy (non-hydrogen) atoms. The van der Waals surface area contributed by atoms with Gasteiger partial charge in [-0.25, -0.2) is 0 Å². The molecule has 2 heteroatoms. The summed E-state index contributed by atoms with van der Waals surface area (Å²) >= 11 is 3.59. The van der Waals surface area contributed by atoms with Crippen LogP contribution in [0.3, 0.4) is 0 Å². The van der Waals surface area contributed by atoms with Crippen molar-refractivity contribution in [1.82, 2.24) is 5.32 Å². The van der Waals surface area contributed by atoms with Gasteiger partial charge in [0.1, 0.15) is 0 Å². The largest absolute Gasteiger partial charge is 0.316 e. The van der Waals surface area contributed by atoms with Crippen LogP contribution in [0.2, 0.25) is 0 Å². The molecule has 76 valence electrons. The number of halogens is 1. The van der Waals surface area contributed by atoms with Crippen LogP contribution in [0.15, 0.2) is 24.3 Å². The molecule has 0 spiro atoms. The maximum atomic E-state index is 3.59. The van der Waals surface area contributed by atoms with Crippen LogP contribution in [0.4, 0.5) is 0 Å². The van der Waals surface area contributed by atoms with E-state index in [4.69, 9.17) is 0 Å². The van der Waals surface area contributed by atoms with Gasteiger partial charge in [0, 0.05) is 17.8 Å². The molecule has 0 amide bonds. The fourth-order valence-corrected chi connectivity index (χ4v) is 2.78. The zero-order valence-corrected chi connectivity index (χ0v) is 10.0. The van der Waals surface area contributed by atoms with Gasteiger partial charge in [0.15, 0.2) is 0 Å². The molecule has 1 N–H and O–H groups in total. The molecule has 1 saturated heterocycles. The van der Waals surface area contributed by atoms with Gasteiger partial charge >= 0.3 is 0 Å². The van der Waals surface area contributed by atoms with Gasteiger partial charge in [0.25, 0.3) is 0 Å². The second-order valence-electron chi connectivity index (χ2n) is 4.09. The van der Waals surface area contributed by atoms with Crippen molar-refractivity contribution in [3.8, 4) is 0 Å². The first-order valence-electron chi connectivity index (χ1n) is 5.14. The quantitative estimate of drug-likeness (QED) is 0.800. The van der Waals surface area contributed by atoms with E-state index in [0.29, 0.717) is 5.92 Å². The maximum absolute atomic E-state index is 3.59. The van der Waals surface area contributed by atoms with Crippen LogP contribution in [0, 0.1) is 12.8 Å². The van der Waals surface area contributed by atoms with E-state index in [1.54, 1.807) is 0 Å². The average molecular weight is 254 g/mol. The van der Waals surface area contributed by atoms with Crippen molar-refractivity contribution in [2.24, 2.45) is 5.92 Å². The van der Waals surface area contributed by atoms with E-state index in [0.717, 1.165) is 24.3 Å². The van der Waals surface area contributed by atoms with E-state index in [9.17, 15) is 0 Å². The summed E-state index contributed by atoms with van der Waals surface area (Å²) < 4.78 is 0. The minimum atomic E-state index is 0.690. The van der Waals surface area contributed by atoms with E-state index in [1.165, 1.54) is 11.1 Å². The van der Waals surface area contributed by atoms with Crippen LogP contribution in [-0.4, -0.2) is 18.4 Å². The van der Waals surface area contributed by atoms with Gasteiger partial charge in [-0.1, -0.05) is 45.8 Å². The first-order chi connectivity index (χ1) is 6.81. The van der Waals surface area contributed by atoms with E-state index in [-0.39, 0.29) is 0 Å². The standard InChI is InChI=1S/C12H16BrN/c1-9-2-4-10(5-3-9)12-8-14-7-11(12)6-13/h2-5,11-12,14H,6-8H2,1H3. The van der Waals surface area contributed by atoms with Crippen LogP contribution in [0.5, 0.6) is 0 Å². The summed E-state index contributed by atoms with van der Waals surface area (Å²) in [6.07, 6.45) is 0. The lowest BCUT2D eigenvalue weighted by Gasteiger charge is -2.16. The Morgan fingerprint density at radius 3 is 2.64 bits per heavy atom. The third kappa shape index (κ3) is 2.01. The van der Waals surface area contributed by atoms with Crippen LogP contribution in [0.25, 0.3) is 0 Å². The molecule has 2 atom stereocenters. The zero-order chi connectivity index (χ0) is 9.97. The molecular formula is C12H16BrN. The highest BCUT2D eigenvalue weighted by molar-refractivity contribution is 9.09. The Labute approximate surface area is 94.0 Å². The van der Waals surface area contributed by atoms with Gasteiger partial charge in [0.2, 0.25) is 0 Å². The lowest BCUT2D eigenvalue weighted by Crippen LogP contribution is -2.11. The van der Waals surface area contributed by atoms with Gasteiger partial charge in [-0.2, -0.15) is 0 Å². The van der Waals surface area contributed by atoms with E-state index >= 15 is 0 Å². The Kier molecular flexibility index (Phi) is 3.24. The molecule has 2 rings (SSSR count). The van der Waals surface area contributed by atoms with Crippen molar-refractivity contribution in [3.05, 3.63) is 35.4 Å². The second-order valence-corrected chi connectivity index (χ2v) is 4.74. The Hall–Kier alpha value is -0.340. The number of aryl methyl sites for hydroxylation is 1. The molecule has 1 heterocycles. The molecule has 1 aliphatic heterocycles. The highest BCUT2D eigenvalue weighted by atomic mass is 79.9. The van der Waals surface area contributed by atoms with Crippen LogP contribution in [0.1, 0.15) is 17.0 Å². The summed E-state index contributed by atoms with van der Waals surface area (Å²) in [6.45, 7) is 4.40. The molecule has 0 radical (unpaired) electrons. The number of hydrogen-bond acceptors (Lipinski definition) is 1. The first-order valence-corrected chi connectivity index (χ1v) is 6.26. The summed E-state index contributed by atoms with van der Waals surface area (Å²) in [5, 5.41) is 4.55. The molecule has 0 saturated carbocycles. The normalized spacial score (nSPS) is 26.7. The molecule has 1 aromatic carbocycles. The van der Waals surface area contributed by atoms with E-state index in [1.807, 2.05) is 0 Å². The molecule has 0 bridgehead atoms. The van der Waals surface area contributed by atoms with Crippen molar-refractivity contribution in [3.63, 3.8) is 0 Å². The van der Waals surface area contributed by atoms with E-state index in [2.05, 4.69) is 52.4 Å². The summed E-state index contributed by atoms with van der Waals surface area (Å²) in [5.74, 6) is 1.44. The highest BCUT2D eigenvalue weighted by Crippen LogP contribution is 2.29. The predicted molar refractivity (Wildman–Crippen MR) is 64.1 cm³/mol. The number of nitrogens with one attached hydrogen (secondary N) is 1. The molecule has 1 aliphatic rings. The Balaban J connectivity index is 2.17. The van der Waals surface area contributed by atoms with Crippen molar-refractivity contribution in [1.29, 1.82) is 0 Å². The zero-order valence-electron chi connectivity index (χ0n) is 8.46. The van der Waals surface area contributed by atoms with Crippen LogP contribution >= 0.6 is 15.9 Å². The van der Waals surface area contributed by atoms with Crippen molar-refractivity contribution in [2.75, 3.05) is 18.4 Å². The van der Waals surface area contributed by atoms with Gasteiger partial charge < -0.3 is 5.32 Å². The lowest BCUT2D eigenvalue weighted by molar-refractivity contribution is 0.585. The van der Waals surface area contributed by atoms with Crippen molar-refractivity contribution < 1.29 is 0 Å². The molecule has 1 fully saturated rings. The fraction of sp³-hybridized carbons (Fsp3) is 0.500. The Morgan fingerprint density at radius 2 is 2.00 bits per heavy atom. The second kappa shape index (κ2) is 4.45. The number of alkyl halides is 1. The minimum Gasteiger partial charge on any atom is -0.316 e. The molecular weight excluding hydrogens is 238 g/mol. The van der Waals surface area contributed by atoms with E-state index < -0.39 is 0 Å².